The van der Waals surface area contributed by atoms with Crippen LogP contribution in [0.2, 0.25) is 0 Å². The van der Waals surface area contributed by atoms with Crippen LogP contribution in [0.25, 0.3) is 0 Å². The number of carbonyl (C=O) groups is 1. The van der Waals surface area contributed by atoms with Crippen molar-refractivity contribution < 1.29 is 18.0 Å². The summed E-state index contributed by atoms with van der Waals surface area (Å²) in [5.74, 6) is -0.493. The SMILES string of the molecule is NC(=O)c1cccc(CNCCCCC(F)(F)F)c1. The molecule has 6 heteroatoms. The standard InChI is InChI=1S/C13H17F3N2O/c14-13(15,16)6-1-2-7-18-9-10-4-3-5-11(8-10)12(17)19/h3-5,8,18H,1-2,6-7,9H2,(H2,17,19). The third kappa shape index (κ3) is 6.81. The normalized spacial score (nSPS) is 11.5. The maximum atomic E-state index is 11.9. The van der Waals surface area contributed by atoms with Crippen LogP contribution in [0.3, 0.4) is 0 Å². The second-order valence-electron chi connectivity index (χ2n) is 4.31. The molecular formula is C13H17F3N2O. The van der Waals surface area contributed by atoms with Gasteiger partial charge in [-0.3, -0.25) is 4.79 Å². The summed E-state index contributed by atoms with van der Waals surface area (Å²) in [6.45, 7) is 1.02. The summed E-state index contributed by atoms with van der Waals surface area (Å²) in [5.41, 5.74) is 6.46. The van der Waals surface area contributed by atoms with Gasteiger partial charge in [0.15, 0.2) is 0 Å². The van der Waals surface area contributed by atoms with E-state index in [1.54, 1.807) is 18.2 Å². The number of carbonyl (C=O) groups excluding carboxylic acids is 1. The molecule has 0 saturated heterocycles. The van der Waals surface area contributed by atoms with Gasteiger partial charge in [-0.05, 0) is 37.1 Å². The highest BCUT2D eigenvalue weighted by atomic mass is 19.4. The van der Waals surface area contributed by atoms with Crippen LogP contribution in [0.4, 0.5) is 13.2 Å². The fourth-order valence-corrected chi connectivity index (χ4v) is 1.64. The lowest BCUT2D eigenvalue weighted by molar-refractivity contribution is -0.135. The van der Waals surface area contributed by atoms with Gasteiger partial charge in [0.1, 0.15) is 0 Å². The summed E-state index contributed by atoms with van der Waals surface area (Å²) in [4.78, 5) is 11.0. The lowest BCUT2D eigenvalue weighted by Gasteiger charge is -2.07. The lowest BCUT2D eigenvalue weighted by atomic mass is 10.1. The van der Waals surface area contributed by atoms with Gasteiger partial charge in [-0.25, -0.2) is 0 Å². The van der Waals surface area contributed by atoms with Crippen molar-refractivity contribution in [3.63, 3.8) is 0 Å². The van der Waals surface area contributed by atoms with Crippen molar-refractivity contribution in [2.24, 2.45) is 5.73 Å². The van der Waals surface area contributed by atoms with Crippen molar-refractivity contribution in [2.75, 3.05) is 6.54 Å². The Labute approximate surface area is 110 Å². The Morgan fingerprint density at radius 2 is 2.00 bits per heavy atom. The van der Waals surface area contributed by atoms with Gasteiger partial charge in [0.25, 0.3) is 0 Å². The van der Waals surface area contributed by atoms with Gasteiger partial charge in [-0.2, -0.15) is 13.2 Å². The Hall–Kier alpha value is -1.56. The van der Waals surface area contributed by atoms with Crippen LogP contribution in [0, 0.1) is 0 Å². The lowest BCUT2D eigenvalue weighted by Crippen LogP contribution is -2.17. The number of alkyl halides is 3. The van der Waals surface area contributed by atoms with E-state index in [9.17, 15) is 18.0 Å². The van der Waals surface area contributed by atoms with E-state index in [1.807, 2.05) is 6.07 Å². The van der Waals surface area contributed by atoms with E-state index < -0.39 is 18.5 Å². The van der Waals surface area contributed by atoms with E-state index in [0.29, 0.717) is 25.1 Å². The molecule has 3 nitrogen and oxygen atoms in total. The van der Waals surface area contributed by atoms with Crippen LogP contribution >= 0.6 is 0 Å². The number of benzene rings is 1. The first-order valence-electron chi connectivity index (χ1n) is 6.05. The van der Waals surface area contributed by atoms with Crippen LogP contribution < -0.4 is 11.1 Å². The van der Waals surface area contributed by atoms with Crippen LogP contribution in [-0.2, 0) is 6.54 Å². The summed E-state index contributed by atoms with van der Waals surface area (Å²) in [6.07, 6.45) is -4.23. The number of amides is 1. The Morgan fingerprint density at radius 3 is 2.63 bits per heavy atom. The van der Waals surface area contributed by atoms with Crippen molar-refractivity contribution in [1.29, 1.82) is 0 Å². The number of hydrogen-bond acceptors (Lipinski definition) is 2. The van der Waals surface area contributed by atoms with E-state index in [0.717, 1.165) is 5.56 Å². The van der Waals surface area contributed by atoms with Crippen LogP contribution in [0.5, 0.6) is 0 Å². The molecule has 0 radical (unpaired) electrons. The van der Waals surface area contributed by atoms with Gasteiger partial charge in [0.2, 0.25) is 5.91 Å². The number of nitrogens with one attached hydrogen (secondary N) is 1. The predicted molar refractivity (Wildman–Crippen MR) is 66.6 cm³/mol. The van der Waals surface area contributed by atoms with Gasteiger partial charge >= 0.3 is 6.18 Å². The molecule has 0 aliphatic rings. The molecule has 0 aliphatic heterocycles. The largest absolute Gasteiger partial charge is 0.389 e. The molecule has 0 fully saturated rings. The molecule has 19 heavy (non-hydrogen) atoms. The molecule has 0 saturated carbocycles. The van der Waals surface area contributed by atoms with Crippen LogP contribution in [0.1, 0.15) is 35.2 Å². The molecule has 0 atom stereocenters. The summed E-state index contributed by atoms with van der Waals surface area (Å²) < 4.78 is 35.7. The average Bonchev–Trinajstić information content (AvgIpc) is 2.32. The van der Waals surface area contributed by atoms with E-state index in [1.165, 1.54) is 0 Å². The van der Waals surface area contributed by atoms with E-state index in [2.05, 4.69) is 5.32 Å². The maximum Gasteiger partial charge on any atom is 0.389 e. The van der Waals surface area contributed by atoms with E-state index in [4.69, 9.17) is 5.73 Å². The molecule has 0 unspecified atom stereocenters. The van der Waals surface area contributed by atoms with Gasteiger partial charge in [-0.15, -0.1) is 0 Å². The predicted octanol–water partition coefficient (Wildman–Crippen LogP) is 2.61. The quantitative estimate of drug-likeness (QED) is 0.751. The molecule has 0 spiro atoms. The Morgan fingerprint density at radius 1 is 1.26 bits per heavy atom. The monoisotopic (exact) mass is 274 g/mol. The Bertz CT molecular complexity index is 419. The fraction of sp³-hybridized carbons (Fsp3) is 0.462. The first kappa shape index (κ1) is 15.5. The topological polar surface area (TPSA) is 55.1 Å². The third-order valence-corrected chi connectivity index (χ3v) is 2.60. The zero-order valence-electron chi connectivity index (χ0n) is 10.5. The molecule has 0 aromatic heterocycles. The van der Waals surface area contributed by atoms with Crippen molar-refractivity contribution >= 4 is 5.91 Å². The van der Waals surface area contributed by atoms with E-state index >= 15 is 0 Å². The molecule has 1 rings (SSSR count). The number of nitrogens with two attached hydrogens (primary N) is 1. The number of hydrogen-bond donors (Lipinski definition) is 2. The molecule has 1 aromatic rings. The molecule has 0 heterocycles. The summed E-state index contributed by atoms with van der Waals surface area (Å²) >= 11 is 0. The first-order chi connectivity index (χ1) is 8.88. The average molecular weight is 274 g/mol. The molecule has 0 bridgehead atoms. The fourth-order valence-electron chi connectivity index (χ4n) is 1.64. The zero-order chi connectivity index (χ0) is 14.3. The number of primary amides is 1. The molecule has 1 amide bonds. The van der Waals surface area contributed by atoms with Gasteiger partial charge < -0.3 is 11.1 Å². The van der Waals surface area contributed by atoms with Crippen molar-refractivity contribution in [2.45, 2.75) is 32.0 Å². The summed E-state index contributed by atoms with van der Waals surface area (Å²) in [6, 6.07) is 6.84. The highest BCUT2D eigenvalue weighted by molar-refractivity contribution is 5.92. The molecular weight excluding hydrogens is 257 g/mol. The maximum absolute atomic E-state index is 11.9. The van der Waals surface area contributed by atoms with Crippen LogP contribution in [-0.4, -0.2) is 18.6 Å². The van der Waals surface area contributed by atoms with Gasteiger partial charge in [0.05, 0.1) is 0 Å². The number of rotatable bonds is 7. The Balaban J connectivity index is 2.23. The van der Waals surface area contributed by atoms with Crippen molar-refractivity contribution in [1.82, 2.24) is 5.32 Å². The highest BCUT2D eigenvalue weighted by Crippen LogP contribution is 2.21. The van der Waals surface area contributed by atoms with Crippen molar-refractivity contribution in [3.8, 4) is 0 Å². The molecule has 3 N–H and O–H groups in total. The van der Waals surface area contributed by atoms with Crippen molar-refractivity contribution in [3.05, 3.63) is 35.4 Å². The zero-order valence-corrected chi connectivity index (χ0v) is 10.5. The summed E-state index contributed by atoms with van der Waals surface area (Å²) in [5, 5.41) is 3.03. The summed E-state index contributed by atoms with van der Waals surface area (Å²) in [7, 11) is 0. The Kier molecular flexibility index (Phi) is 5.82. The molecule has 1 aromatic carbocycles. The minimum absolute atomic E-state index is 0.123. The second kappa shape index (κ2) is 7.13. The van der Waals surface area contributed by atoms with E-state index in [-0.39, 0.29) is 6.42 Å². The van der Waals surface area contributed by atoms with Gasteiger partial charge in [0, 0.05) is 18.5 Å². The third-order valence-electron chi connectivity index (χ3n) is 2.60. The highest BCUT2D eigenvalue weighted by Gasteiger charge is 2.25. The van der Waals surface area contributed by atoms with Gasteiger partial charge in [-0.1, -0.05) is 12.1 Å². The molecule has 0 aliphatic carbocycles. The number of unbranched alkanes of at least 4 members (excludes halogenated alkanes) is 1. The van der Waals surface area contributed by atoms with Crippen LogP contribution in [0.15, 0.2) is 24.3 Å². The second-order valence-corrected chi connectivity index (χ2v) is 4.31. The minimum Gasteiger partial charge on any atom is -0.366 e. The smallest absolute Gasteiger partial charge is 0.366 e. The minimum atomic E-state index is -4.07. The molecule has 106 valence electrons. The number of halogens is 3. The first-order valence-corrected chi connectivity index (χ1v) is 6.05.